The minimum Gasteiger partial charge on any atom is -0.299 e. The predicted molar refractivity (Wildman–Crippen MR) is 62.8 cm³/mol. The summed E-state index contributed by atoms with van der Waals surface area (Å²) in [7, 11) is 0. The molecule has 0 aliphatic heterocycles. The highest BCUT2D eigenvalue weighted by atomic mass is 16.1. The first-order valence-electron chi connectivity index (χ1n) is 6.56. The maximum absolute atomic E-state index is 12.3. The molecule has 0 unspecified atom stereocenters. The van der Waals surface area contributed by atoms with Gasteiger partial charge in [0, 0.05) is 17.3 Å². The molecule has 5 aliphatic rings. The summed E-state index contributed by atoms with van der Waals surface area (Å²) >= 11 is 0. The molecule has 0 saturated heterocycles. The third-order valence-electron chi connectivity index (χ3n) is 6.53. The minimum absolute atomic E-state index is 0.176. The van der Waals surface area contributed by atoms with Crippen molar-refractivity contribution >= 4 is 5.78 Å². The summed E-state index contributed by atoms with van der Waals surface area (Å²) in [5, 5.41) is 0. The van der Waals surface area contributed by atoms with Crippen molar-refractivity contribution in [3.8, 4) is 0 Å². The molecular weight excluding hydrogens is 196 g/mol. The summed E-state index contributed by atoms with van der Waals surface area (Å²) in [5.41, 5.74) is 2.27. The van der Waals surface area contributed by atoms with Crippen LogP contribution in [0.15, 0.2) is 12.2 Å². The van der Waals surface area contributed by atoms with Crippen LogP contribution in [0.1, 0.15) is 40.0 Å². The van der Waals surface area contributed by atoms with Crippen LogP contribution >= 0.6 is 0 Å². The molecule has 4 bridgehead atoms. The van der Waals surface area contributed by atoms with Crippen molar-refractivity contribution in [2.24, 2.45) is 34.0 Å². The molecule has 1 spiro atoms. The van der Waals surface area contributed by atoms with E-state index >= 15 is 0 Å². The molecule has 5 saturated carbocycles. The van der Waals surface area contributed by atoms with E-state index in [2.05, 4.69) is 27.4 Å². The lowest BCUT2D eigenvalue weighted by Gasteiger charge is -2.32. The van der Waals surface area contributed by atoms with Gasteiger partial charge in [-0.2, -0.15) is 0 Å². The van der Waals surface area contributed by atoms with Crippen molar-refractivity contribution < 1.29 is 4.79 Å². The van der Waals surface area contributed by atoms with Gasteiger partial charge < -0.3 is 0 Å². The Labute approximate surface area is 97.3 Å². The highest BCUT2D eigenvalue weighted by Crippen LogP contribution is 2.84. The van der Waals surface area contributed by atoms with Crippen LogP contribution in [0, 0.1) is 34.0 Å². The summed E-state index contributed by atoms with van der Waals surface area (Å²) in [5.74, 6) is 1.89. The Morgan fingerprint density at radius 3 is 2.56 bits per heavy atom. The Morgan fingerprint density at radius 2 is 1.94 bits per heavy atom. The number of ketones is 1. The second-order valence-corrected chi connectivity index (χ2v) is 7.73. The van der Waals surface area contributed by atoms with Crippen LogP contribution in [-0.2, 0) is 4.79 Å². The van der Waals surface area contributed by atoms with E-state index in [1.807, 2.05) is 0 Å². The van der Waals surface area contributed by atoms with Gasteiger partial charge in [-0.3, -0.25) is 4.79 Å². The van der Waals surface area contributed by atoms with Gasteiger partial charge in [0.1, 0.15) is 5.78 Å². The number of rotatable bonds is 0. The molecule has 1 nitrogen and oxygen atoms in total. The molecule has 5 atom stereocenters. The van der Waals surface area contributed by atoms with E-state index in [1.54, 1.807) is 0 Å². The molecule has 0 amide bonds. The van der Waals surface area contributed by atoms with Gasteiger partial charge in [-0.05, 0) is 36.0 Å². The number of hydrogen-bond acceptors (Lipinski definition) is 1. The molecule has 16 heavy (non-hydrogen) atoms. The molecule has 86 valence electrons. The first kappa shape index (κ1) is 9.44. The van der Waals surface area contributed by atoms with E-state index in [0.717, 1.165) is 5.92 Å². The maximum atomic E-state index is 12.3. The van der Waals surface area contributed by atoms with Crippen molar-refractivity contribution in [2.45, 2.75) is 40.0 Å². The van der Waals surface area contributed by atoms with Gasteiger partial charge in [0.15, 0.2) is 0 Å². The lowest BCUT2D eigenvalue weighted by atomic mass is 9.71. The highest BCUT2D eigenvalue weighted by molar-refractivity contribution is 5.96. The van der Waals surface area contributed by atoms with Gasteiger partial charge in [-0.1, -0.05) is 32.9 Å². The summed E-state index contributed by atoms with van der Waals surface area (Å²) in [6.45, 7) is 11.4. The topological polar surface area (TPSA) is 17.1 Å². The molecule has 5 aliphatic carbocycles. The summed E-state index contributed by atoms with van der Waals surface area (Å²) in [6, 6.07) is 0. The van der Waals surface area contributed by atoms with Gasteiger partial charge in [0.2, 0.25) is 0 Å². The van der Waals surface area contributed by atoms with Gasteiger partial charge in [-0.25, -0.2) is 0 Å². The highest BCUT2D eigenvalue weighted by Gasteiger charge is 2.82. The smallest absolute Gasteiger partial charge is 0.144 e. The number of Topliss-reactive ketones (excluding diaryl/α,β-unsaturated/α-hetero) is 1. The van der Waals surface area contributed by atoms with Gasteiger partial charge in [-0.15, -0.1) is 0 Å². The Kier molecular flexibility index (Phi) is 1.22. The van der Waals surface area contributed by atoms with Crippen LogP contribution < -0.4 is 0 Å². The van der Waals surface area contributed by atoms with Gasteiger partial charge in [0.05, 0.1) is 0 Å². The minimum atomic E-state index is 0.176. The quantitative estimate of drug-likeness (QED) is 0.568. The van der Waals surface area contributed by atoms with E-state index in [9.17, 15) is 4.79 Å². The van der Waals surface area contributed by atoms with Crippen LogP contribution in [-0.4, -0.2) is 5.78 Å². The lowest BCUT2D eigenvalue weighted by molar-refractivity contribution is -0.125. The summed E-state index contributed by atoms with van der Waals surface area (Å²) in [6.07, 6.45) is 3.75. The number of carbonyl (C=O) groups excluding carboxylic acids is 1. The maximum Gasteiger partial charge on any atom is 0.144 e. The molecule has 0 radical (unpaired) electrons. The largest absolute Gasteiger partial charge is 0.299 e. The van der Waals surface area contributed by atoms with E-state index in [4.69, 9.17) is 0 Å². The van der Waals surface area contributed by atoms with Crippen LogP contribution in [0.4, 0.5) is 0 Å². The molecule has 0 N–H and O–H groups in total. The fourth-order valence-corrected chi connectivity index (χ4v) is 6.28. The Morgan fingerprint density at radius 1 is 1.25 bits per heavy atom. The van der Waals surface area contributed by atoms with Gasteiger partial charge in [0.25, 0.3) is 0 Å². The molecule has 0 aromatic heterocycles. The fourth-order valence-electron chi connectivity index (χ4n) is 6.28. The normalized spacial score (nSPS) is 60.1. The Balaban J connectivity index is 1.95. The van der Waals surface area contributed by atoms with Gasteiger partial charge >= 0.3 is 0 Å². The van der Waals surface area contributed by atoms with E-state index in [1.165, 1.54) is 24.8 Å². The molecular formula is C15H20O. The monoisotopic (exact) mass is 216 g/mol. The number of carbonyl (C=O) groups is 1. The fraction of sp³-hybridized carbons (Fsp3) is 0.800. The summed E-state index contributed by atoms with van der Waals surface area (Å²) in [4.78, 5) is 12.3. The van der Waals surface area contributed by atoms with Crippen molar-refractivity contribution in [1.82, 2.24) is 0 Å². The molecule has 0 heterocycles. The molecule has 0 aromatic carbocycles. The first-order chi connectivity index (χ1) is 7.33. The van der Waals surface area contributed by atoms with Crippen molar-refractivity contribution in [1.29, 1.82) is 0 Å². The van der Waals surface area contributed by atoms with Crippen LogP contribution in [0.25, 0.3) is 0 Å². The molecule has 5 rings (SSSR count). The third-order valence-corrected chi connectivity index (χ3v) is 6.53. The molecule has 5 fully saturated rings. The van der Waals surface area contributed by atoms with Crippen LogP contribution in [0.5, 0.6) is 0 Å². The zero-order valence-corrected chi connectivity index (χ0v) is 10.5. The molecule has 0 aromatic rings. The second kappa shape index (κ2) is 2.07. The predicted octanol–water partition coefficient (Wildman–Crippen LogP) is 3.20. The van der Waals surface area contributed by atoms with Crippen molar-refractivity contribution in [2.75, 3.05) is 0 Å². The van der Waals surface area contributed by atoms with Crippen LogP contribution in [0.2, 0.25) is 0 Å². The lowest BCUT2D eigenvalue weighted by Crippen LogP contribution is -2.31. The standard InChI is InChI=1S/C15H20O/c1-8-11-12(16)9-5-15(11)7-13(2,3)6-10(15)14(8,9)4/h9-11H,1,5-7H2,2-4H3/t9-,10-,11+,14+,15+/m0/s1. The third kappa shape index (κ3) is 0.627. The van der Waals surface area contributed by atoms with E-state index in [-0.39, 0.29) is 11.3 Å². The average molecular weight is 216 g/mol. The van der Waals surface area contributed by atoms with Crippen LogP contribution in [0.3, 0.4) is 0 Å². The van der Waals surface area contributed by atoms with E-state index < -0.39 is 0 Å². The number of allylic oxidation sites excluding steroid dienone is 1. The summed E-state index contributed by atoms with van der Waals surface area (Å²) < 4.78 is 0. The van der Waals surface area contributed by atoms with Crippen molar-refractivity contribution in [3.05, 3.63) is 12.2 Å². The Hall–Kier alpha value is -0.590. The van der Waals surface area contributed by atoms with E-state index in [0.29, 0.717) is 22.5 Å². The average Bonchev–Trinajstić information content (AvgIpc) is 2.74. The zero-order chi connectivity index (χ0) is 11.5. The number of hydrogen-bond donors (Lipinski definition) is 0. The second-order valence-electron chi connectivity index (χ2n) is 7.73. The SMILES string of the molecule is C=C1[C@@H]2C(=O)[C@@H]3C[C@]24CC(C)(C)C[C@H]4[C@]13C. The zero-order valence-electron chi connectivity index (χ0n) is 10.5. The molecule has 1 heteroatoms. The Bertz CT molecular complexity index is 446. The van der Waals surface area contributed by atoms with Crippen molar-refractivity contribution in [3.63, 3.8) is 0 Å². The first-order valence-corrected chi connectivity index (χ1v) is 6.56.